The van der Waals surface area contributed by atoms with Gasteiger partial charge in [-0.1, -0.05) is 0 Å². The predicted octanol–water partition coefficient (Wildman–Crippen LogP) is 1.95. The van der Waals surface area contributed by atoms with Gasteiger partial charge >= 0.3 is 6.18 Å². The van der Waals surface area contributed by atoms with Crippen LogP contribution in [0.3, 0.4) is 0 Å². The molecule has 2 rings (SSSR count). The van der Waals surface area contributed by atoms with Crippen molar-refractivity contribution in [2.24, 2.45) is 0 Å². The van der Waals surface area contributed by atoms with Crippen LogP contribution in [0.25, 0.3) is 11.3 Å². The summed E-state index contributed by atoms with van der Waals surface area (Å²) in [5, 5.41) is 0. The van der Waals surface area contributed by atoms with E-state index in [4.69, 9.17) is 0 Å². The second-order valence-corrected chi connectivity index (χ2v) is 2.88. The Labute approximate surface area is 88.2 Å². The van der Waals surface area contributed by atoms with Crippen LogP contribution in [0.5, 0.6) is 0 Å². The largest absolute Gasteiger partial charge is 0.451 e. The zero-order valence-electron chi connectivity index (χ0n) is 7.81. The number of rotatable bonds is 1. The molecule has 4 nitrogen and oxygen atoms in total. The Hall–Kier alpha value is -2.05. The third kappa shape index (κ3) is 2.13. The first kappa shape index (κ1) is 10.5. The smallest absolute Gasteiger partial charge is 0.261 e. The van der Waals surface area contributed by atoms with Crippen LogP contribution in [0.15, 0.2) is 31.0 Å². The zero-order chi connectivity index (χ0) is 11.6. The van der Waals surface area contributed by atoms with Crippen molar-refractivity contribution >= 4 is 0 Å². The minimum absolute atomic E-state index is 0.390. The fraction of sp³-hybridized carbons (Fsp3) is 0.111. The summed E-state index contributed by atoms with van der Waals surface area (Å²) < 4.78 is 36.5. The van der Waals surface area contributed by atoms with E-state index in [1.165, 1.54) is 18.6 Å². The van der Waals surface area contributed by atoms with E-state index in [0.29, 0.717) is 11.3 Å². The fourth-order valence-electron chi connectivity index (χ4n) is 1.05. The number of hydrogen-bond acceptors (Lipinski definition) is 4. The number of hydrogen-bond donors (Lipinski definition) is 0. The van der Waals surface area contributed by atoms with Crippen LogP contribution in [0.4, 0.5) is 13.2 Å². The Morgan fingerprint density at radius 1 is 0.875 bits per heavy atom. The van der Waals surface area contributed by atoms with E-state index in [0.717, 1.165) is 12.4 Å². The summed E-state index contributed by atoms with van der Waals surface area (Å²) in [6.45, 7) is 0. The lowest BCUT2D eigenvalue weighted by Crippen LogP contribution is -2.10. The maximum atomic E-state index is 12.2. The highest BCUT2D eigenvalue weighted by Crippen LogP contribution is 2.26. The SMILES string of the molecule is FC(F)(F)c1ncc(-c2cnccn2)cn1. The Bertz CT molecular complexity index is 466. The first-order valence-electron chi connectivity index (χ1n) is 4.23. The van der Waals surface area contributed by atoms with E-state index in [2.05, 4.69) is 19.9 Å². The van der Waals surface area contributed by atoms with E-state index >= 15 is 0 Å². The second kappa shape index (κ2) is 3.84. The highest BCUT2D eigenvalue weighted by molar-refractivity contribution is 5.54. The van der Waals surface area contributed by atoms with Gasteiger partial charge in [-0.25, -0.2) is 9.97 Å². The summed E-state index contributed by atoms with van der Waals surface area (Å²) in [6.07, 6.45) is 1.94. The molecular formula is C9H5F3N4. The van der Waals surface area contributed by atoms with E-state index in [1.54, 1.807) is 0 Å². The molecule has 0 unspecified atom stereocenters. The van der Waals surface area contributed by atoms with Crippen molar-refractivity contribution in [2.75, 3.05) is 0 Å². The fourth-order valence-corrected chi connectivity index (χ4v) is 1.05. The van der Waals surface area contributed by atoms with Gasteiger partial charge in [-0.05, 0) is 0 Å². The molecule has 82 valence electrons. The molecule has 2 aromatic heterocycles. The van der Waals surface area contributed by atoms with Gasteiger partial charge in [0.25, 0.3) is 0 Å². The molecule has 0 saturated carbocycles. The molecule has 0 bridgehead atoms. The van der Waals surface area contributed by atoms with E-state index in [-0.39, 0.29) is 0 Å². The average Bonchev–Trinajstić information content (AvgIpc) is 2.29. The van der Waals surface area contributed by atoms with Crippen LogP contribution in [0, 0.1) is 0 Å². The van der Waals surface area contributed by atoms with Crippen molar-refractivity contribution in [3.63, 3.8) is 0 Å². The molecular weight excluding hydrogens is 221 g/mol. The molecule has 16 heavy (non-hydrogen) atoms. The molecule has 2 heterocycles. The van der Waals surface area contributed by atoms with Crippen molar-refractivity contribution in [2.45, 2.75) is 6.18 Å². The van der Waals surface area contributed by atoms with Gasteiger partial charge < -0.3 is 0 Å². The van der Waals surface area contributed by atoms with Gasteiger partial charge in [-0.3, -0.25) is 9.97 Å². The van der Waals surface area contributed by atoms with Crippen molar-refractivity contribution in [1.82, 2.24) is 19.9 Å². The first-order chi connectivity index (χ1) is 7.57. The summed E-state index contributed by atoms with van der Waals surface area (Å²) in [7, 11) is 0. The topological polar surface area (TPSA) is 51.6 Å². The second-order valence-electron chi connectivity index (χ2n) is 2.88. The summed E-state index contributed by atoms with van der Waals surface area (Å²) in [6, 6.07) is 0. The minimum atomic E-state index is -4.53. The zero-order valence-corrected chi connectivity index (χ0v) is 7.81. The molecule has 2 aromatic rings. The van der Waals surface area contributed by atoms with Gasteiger partial charge in [-0.2, -0.15) is 13.2 Å². The maximum Gasteiger partial charge on any atom is 0.451 e. The van der Waals surface area contributed by atoms with Gasteiger partial charge in [-0.15, -0.1) is 0 Å². The molecule has 0 aromatic carbocycles. The van der Waals surface area contributed by atoms with Gasteiger partial charge in [0.2, 0.25) is 5.82 Å². The summed E-state index contributed by atoms with van der Waals surface area (Å²) >= 11 is 0. The lowest BCUT2D eigenvalue weighted by molar-refractivity contribution is -0.144. The highest BCUT2D eigenvalue weighted by Gasteiger charge is 2.34. The number of nitrogens with zero attached hydrogens (tertiary/aromatic N) is 4. The van der Waals surface area contributed by atoms with Crippen molar-refractivity contribution in [1.29, 1.82) is 0 Å². The molecule has 0 amide bonds. The molecule has 0 fully saturated rings. The van der Waals surface area contributed by atoms with Crippen LogP contribution in [0.1, 0.15) is 5.82 Å². The molecule has 0 aliphatic carbocycles. The lowest BCUT2D eigenvalue weighted by atomic mass is 10.2. The summed E-state index contributed by atoms with van der Waals surface area (Å²) in [4.78, 5) is 14.2. The Balaban J connectivity index is 2.34. The Kier molecular flexibility index (Phi) is 2.51. The monoisotopic (exact) mass is 226 g/mol. The minimum Gasteiger partial charge on any atom is -0.261 e. The third-order valence-electron chi connectivity index (χ3n) is 1.76. The van der Waals surface area contributed by atoms with Crippen LogP contribution in [0.2, 0.25) is 0 Å². The normalized spacial score (nSPS) is 11.4. The van der Waals surface area contributed by atoms with Gasteiger partial charge in [0.05, 0.1) is 11.9 Å². The van der Waals surface area contributed by atoms with Gasteiger partial charge in [0.1, 0.15) is 0 Å². The van der Waals surface area contributed by atoms with Crippen molar-refractivity contribution < 1.29 is 13.2 Å². The number of halogens is 3. The molecule has 0 spiro atoms. The lowest BCUT2D eigenvalue weighted by Gasteiger charge is -2.04. The maximum absolute atomic E-state index is 12.2. The van der Waals surface area contributed by atoms with Crippen LogP contribution in [-0.4, -0.2) is 19.9 Å². The molecule has 7 heteroatoms. The molecule has 0 radical (unpaired) electrons. The van der Waals surface area contributed by atoms with Gasteiger partial charge in [0, 0.05) is 30.4 Å². The molecule has 0 aliphatic heterocycles. The summed E-state index contributed by atoms with van der Waals surface area (Å²) in [5.74, 6) is -1.17. The van der Waals surface area contributed by atoms with E-state index in [1.807, 2.05) is 0 Å². The predicted molar refractivity (Wildman–Crippen MR) is 48.1 cm³/mol. The standard InChI is InChI=1S/C9H5F3N4/c10-9(11,12)8-15-3-6(4-16-8)7-5-13-1-2-14-7/h1-5H. The average molecular weight is 226 g/mol. The van der Waals surface area contributed by atoms with E-state index in [9.17, 15) is 13.2 Å². The molecule has 0 aliphatic rings. The first-order valence-corrected chi connectivity index (χ1v) is 4.23. The van der Waals surface area contributed by atoms with Crippen LogP contribution in [-0.2, 0) is 6.18 Å². The quantitative estimate of drug-likeness (QED) is 0.745. The Morgan fingerprint density at radius 2 is 1.56 bits per heavy atom. The molecule has 0 atom stereocenters. The third-order valence-corrected chi connectivity index (χ3v) is 1.76. The van der Waals surface area contributed by atoms with Crippen molar-refractivity contribution in [3.8, 4) is 11.3 Å². The molecule has 0 saturated heterocycles. The van der Waals surface area contributed by atoms with Crippen LogP contribution < -0.4 is 0 Å². The van der Waals surface area contributed by atoms with E-state index < -0.39 is 12.0 Å². The highest BCUT2D eigenvalue weighted by atomic mass is 19.4. The molecule has 0 N–H and O–H groups in total. The Morgan fingerprint density at radius 3 is 2.06 bits per heavy atom. The van der Waals surface area contributed by atoms with Crippen LogP contribution >= 0.6 is 0 Å². The summed E-state index contributed by atoms with van der Waals surface area (Å²) in [5.41, 5.74) is 0.817. The number of alkyl halides is 3. The van der Waals surface area contributed by atoms with Gasteiger partial charge in [0.15, 0.2) is 0 Å². The van der Waals surface area contributed by atoms with Crippen molar-refractivity contribution in [3.05, 3.63) is 36.8 Å². The number of aromatic nitrogens is 4.